The molecule has 1 aliphatic heterocycles. The summed E-state index contributed by atoms with van der Waals surface area (Å²) in [4.78, 5) is 20.6. The number of carbonyl (C=O) groups excluding carboxylic acids is 1. The van der Waals surface area contributed by atoms with Gasteiger partial charge in [-0.15, -0.1) is 0 Å². The van der Waals surface area contributed by atoms with Crippen molar-refractivity contribution in [1.82, 2.24) is 14.5 Å². The molecule has 2 aromatic heterocycles. The molecule has 1 atom stereocenters. The van der Waals surface area contributed by atoms with Crippen LogP contribution in [0.15, 0.2) is 36.7 Å². The number of pyridine rings is 1. The Balaban J connectivity index is 1.25. The van der Waals surface area contributed by atoms with Crippen LogP contribution >= 0.6 is 0 Å². The van der Waals surface area contributed by atoms with Crippen LogP contribution in [0.3, 0.4) is 0 Å². The number of amides is 1. The predicted octanol–water partition coefficient (Wildman–Crippen LogP) is 6.43. The highest BCUT2D eigenvalue weighted by molar-refractivity contribution is 5.89. The SMILES string of the molecule is NC(=O)CCCCCCOc1ccc(Nc2cc3c(ncn3C3CCCCO3)c(NC3CCCCC3)n2)cc1. The Kier molecular flexibility index (Phi) is 9.53. The van der Waals surface area contributed by atoms with Crippen LogP contribution in [0.1, 0.15) is 89.7 Å². The molecule has 1 unspecified atom stereocenters. The van der Waals surface area contributed by atoms with Gasteiger partial charge in [-0.25, -0.2) is 9.97 Å². The number of carbonyl (C=O) groups is 1. The van der Waals surface area contributed by atoms with E-state index in [2.05, 4.69) is 21.3 Å². The second kappa shape index (κ2) is 13.6. The molecule has 0 spiro atoms. The number of nitrogens with zero attached hydrogens (tertiary/aromatic N) is 3. The Morgan fingerprint density at radius 2 is 1.82 bits per heavy atom. The summed E-state index contributed by atoms with van der Waals surface area (Å²) in [5, 5.41) is 7.21. The van der Waals surface area contributed by atoms with Crippen LogP contribution < -0.4 is 21.1 Å². The van der Waals surface area contributed by atoms with Crippen molar-refractivity contribution in [2.24, 2.45) is 5.73 Å². The normalized spacial score (nSPS) is 18.2. The molecule has 0 radical (unpaired) electrons. The zero-order chi connectivity index (χ0) is 26.9. The molecule has 1 aliphatic carbocycles. The second-order valence-electron chi connectivity index (χ2n) is 10.8. The van der Waals surface area contributed by atoms with Gasteiger partial charge in [-0.05, 0) is 69.2 Å². The standard InChI is InChI=1S/C30H42N6O3/c31-26(37)12-6-1-2-8-18-38-24-16-14-23(15-17-24)33-27-20-25-29(30(35-27)34-22-10-4-3-5-11-22)32-21-36(25)28-13-7-9-19-39-28/h14-17,20-22,28H,1-13,18-19H2,(H2,31,37)(H2,33,34,35). The van der Waals surface area contributed by atoms with Crippen molar-refractivity contribution in [3.05, 3.63) is 36.7 Å². The second-order valence-corrected chi connectivity index (χ2v) is 10.8. The van der Waals surface area contributed by atoms with E-state index >= 15 is 0 Å². The van der Waals surface area contributed by atoms with Crippen LogP contribution in [0, 0.1) is 0 Å². The van der Waals surface area contributed by atoms with E-state index in [1.54, 1.807) is 0 Å². The number of aromatic nitrogens is 3. The Labute approximate surface area is 230 Å². The van der Waals surface area contributed by atoms with E-state index in [-0.39, 0.29) is 12.1 Å². The van der Waals surface area contributed by atoms with Crippen LogP contribution in [-0.4, -0.2) is 39.7 Å². The number of nitrogens with one attached hydrogen (secondary N) is 2. The van der Waals surface area contributed by atoms with Crippen LogP contribution in [-0.2, 0) is 9.53 Å². The molecule has 9 heteroatoms. The fraction of sp³-hybridized carbons (Fsp3) is 0.567. The molecule has 9 nitrogen and oxygen atoms in total. The van der Waals surface area contributed by atoms with Gasteiger partial charge in [0.2, 0.25) is 5.91 Å². The first-order valence-corrected chi connectivity index (χ1v) is 14.7. The van der Waals surface area contributed by atoms with Crippen molar-refractivity contribution in [2.45, 2.75) is 95.7 Å². The van der Waals surface area contributed by atoms with Crippen LogP contribution in [0.5, 0.6) is 5.75 Å². The van der Waals surface area contributed by atoms with E-state index < -0.39 is 0 Å². The Hall–Kier alpha value is -3.33. The third-order valence-electron chi connectivity index (χ3n) is 7.69. The number of benzene rings is 1. The summed E-state index contributed by atoms with van der Waals surface area (Å²) >= 11 is 0. The van der Waals surface area contributed by atoms with E-state index in [9.17, 15) is 4.79 Å². The number of hydrogen-bond donors (Lipinski definition) is 3. The number of ether oxygens (including phenoxy) is 2. The number of fused-ring (bicyclic) bond motifs is 1. The maximum atomic E-state index is 10.8. The number of anilines is 3. The molecule has 1 saturated heterocycles. The lowest BCUT2D eigenvalue weighted by atomic mass is 9.95. The lowest BCUT2D eigenvalue weighted by molar-refractivity contribution is -0.118. The number of rotatable bonds is 13. The maximum absolute atomic E-state index is 10.8. The molecule has 1 amide bonds. The van der Waals surface area contributed by atoms with Crippen molar-refractivity contribution in [3.63, 3.8) is 0 Å². The smallest absolute Gasteiger partial charge is 0.217 e. The number of unbranched alkanes of at least 4 members (excludes halogenated alkanes) is 3. The minimum Gasteiger partial charge on any atom is -0.494 e. The van der Waals surface area contributed by atoms with Crippen molar-refractivity contribution >= 4 is 34.3 Å². The van der Waals surface area contributed by atoms with Gasteiger partial charge in [-0.3, -0.25) is 4.79 Å². The molecule has 39 heavy (non-hydrogen) atoms. The van der Waals surface area contributed by atoms with Crippen molar-refractivity contribution in [2.75, 3.05) is 23.8 Å². The zero-order valence-corrected chi connectivity index (χ0v) is 22.9. The summed E-state index contributed by atoms with van der Waals surface area (Å²) < 4.78 is 14.2. The molecular formula is C30H42N6O3. The van der Waals surface area contributed by atoms with Gasteiger partial charge in [0.1, 0.15) is 23.3 Å². The summed E-state index contributed by atoms with van der Waals surface area (Å²) in [5.41, 5.74) is 8.07. The molecule has 2 fully saturated rings. The summed E-state index contributed by atoms with van der Waals surface area (Å²) in [6, 6.07) is 10.5. The van der Waals surface area contributed by atoms with Gasteiger partial charge in [-0.1, -0.05) is 32.1 Å². The third-order valence-corrected chi connectivity index (χ3v) is 7.69. The molecule has 1 aromatic carbocycles. The first-order chi connectivity index (χ1) is 19.2. The fourth-order valence-electron chi connectivity index (χ4n) is 5.54. The monoisotopic (exact) mass is 534 g/mol. The predicted molar refractivity (Wildman–Crippen MR) is 154 cm³/mol. The summed E-state index contributed by atoms with van der Waals surface area (Å²) in [5.74, 6) is 2.24. The highest BCUT2D eigenvalue weighted by Crippen LogP contribution is 2.33. The molecule has 2 aliphatic rings. The van der Waals surface area contributed by atoms with Gasteiger partial charge < -0.3 is 30.4 Å². The number of hydrogen-bond acceptors (Lipinski definition) is 7. The Bertz CT molecular complexity index is 1200. The summed E-state index contributed by atoms with van der Waals surface area (Å²) in [6.45, 7) is 1.45. The summed E-state index contributed by atoms with van der Waals surface area (Å²) in [7, 11) is 0. The van der Waals surface area contributed by atoms with E-state index in [4.69, 9.17) is 25.2 Å². The molecule has 5 rings (SSSR count). The van der Waals surface area contributed by atoms with E-state index in [1.165, 1.54) is 32.1 Å². The topological polar surface area (TPSA) is 116 Å². The quantitative estimate of drug-likeness (QED) is 0.216. The molecular weight excluding hydrogens is 492 g/mol. The average Bonchev–Trinajstić information content (AvgIpc) is 3.39. The highest BCUT2D eigenvalue weighted by atomic mass is 16.5. The van der Waals surface area contributed by atoms with E-state index in [0.29, 0.717) is 19.1 Å². The van der Waals surface area contributed by atoms with Crippen molar-refractivity contribution in [1.29, 1.82) is 0 Å². The first kappa shape index (κ1) is 27.2. The van der Waals surface area contributed by atoms with Gasteiger partial charge >= 0.3 is 0 Å². The molecule has 3 heterocycles. The molecule has 210 valence electrons. The van der Waals surface area contributed by atoms with Crippen LogP contribution in [0.4, 0.5) is 17.3 Å². The number of nitrogens with two attached hydrogens (primary N) is 1. The Morgan fingerprint density at radius 3 is 2.59 bits per heavy atom. The number of primary amides is 1. The lowest BCUT2D eigenvalue weighted by Gasteiger charge is -2.25. The van der Waals surface area contributed by atoms with Gasteiger partial charge in [0, 0.05) is 30.8 Å². The highest BCUT2D eigenvalue weighted by Gasteiger charge is 2.22. The fourth-order valence-corrected chi connectivity index (χ4v) is 5.54. The van der Waals surface area contributed by atoms with Crippen LogP contribution in [0.25, 0.3) is 11.0 Å². The first-order valence-electron chi connectivity index (χ1n) is 14.7. The average molecular weight is 535 g/mol. The third kappa shape index (κ3) is 7.62. The summed E-state index contributed by atoms with van der Waals surface area (Å²) in [6.07, 6.45) is 15.7. The maximum Gasteiger partial charge on any atom is 0.217 e. The van der Waals surface area contributed by atoms with Crippen molar-refractivity contribution in [3.8, 4) is 5.75 Å². The minimum absolute atomic E-state index is 0.0149. The molecule has 4 N–H and O–H groups in total. The van der Waals surface area contributed by atoms with E-state index in [0.717, 1.165) is 85.7 Å². The van der Waals surface area contributed by atoms with Gasteiger partial charge in [0.25, 0.3) is 0 Å². The zero-order valence-electron chi connectivity index (χ0n) is 22.9. The molecule has 0 bridgehead atoms. The van der Waals surface area contributed by atoms with E-state index in [1.807, 2.05) is 30.6 Å². The number of imidazole rings is 1. The minimum atomic E-state index is -0.226. The Morgan fingerprint density at radius 1 is 1.03 bits per heavy atom. The molecule has 3 aromatic rings. The van der Waals surface area contributed by atoms with Gasteiger partial charge in [0.05, 0.1) is 18.5 Å². The van der Waals surface area contributed by atoms with Gasteiger partial charge in [0.15, 0.2) is 5.82 Å². The lowest BCUT2D eigenvalue weighted by Crippen LogP contribution is -2.23. The largest absolute Gasteiger partial charge is 0.494 e. The van der Waals surface area contributed by atoms with Crippen LogP contribution in [0.2, 0.25) is 0 Å². The van der Waals surface area contributed by atoms with Crippen molar-refractivity contribution < 1.29 is 14.3 Å². The van der Waals surface area contributed by atoms with Gasteiger partial charge in [-0.2, -0.15) is 0 Å². The molecule has 1 saturated carbocycles.